The third-order valence-corrected chi connectivity index (χ3v) is 3.17. The first-order chi connectivity index (χ1) is 6.24. The van der Waals surface area contributed by atoms with E-state index in [0.29, 0.717) is 13.0 Å². The number of hydrogen-bond acceptors (Lipinski definition) is 2. The second-order valence-electron chi connectivity index (χ2n) is 3.26. The maximum Gasteiger partial charge on any atom is 0.163 e. The van der Waals surface area contributed by atoms with Crippen LogP contribution in [0.4, 0.5) is 0 Å². The van der Waals surface area contributed by atoms with Crippen molar-refractivity contribution in [1.82, 2.24) is 0 Å². The van der Waals surface area contributed by atoms with Gasteiger partial charge in [0.05, 0.1) is 0 Å². The molecule has 0 fully saturated rings. The van der Waals surface area contributed by atoms with E-state index < -0.39 is 0 Å². The van der Waals surface area contributed by atoms with Crippen molar-refractivity contribution in [2.75, 3.05) is 6.54 Å². The average Bonchev–Trinajstić information content (AvgIpc) is 2.45. The molecule has 0 saturated heterocycles. The van der Waals surface area contributed by atoms with E-state index >= 15 is 0 Å². The topological polar surface area (TPSA) is 43.1 Å². The standard InChI is InChI=1S/C10H10BrNO/c11-8-3-1-2-7-9(13)4-6(5-12)10(7)8/h1-3,6H,4-5,12H2. The van der Waals surface area contributed by atoms with Crippen molar-refractivity contribution in [1.29, 1.82) is 0 Å². The average molecular weight is 240 g/mol. The Kier molecular flexibility index (Phi) is 2.22. The van der Waals surface area contributed by atoms with Gasteiger partial charge in [-0.15, -0.1) is 0 Å². The molecule has 0 bridgehead atoms. The molecular formula is C10H10BrNO. The first-order valence-corrected chi connectivity index (χ1v) is 5.05. The predicted molar refractivity (Wildman–Crippen MR) is 54.9 cm³/mol. The fourth-order valence-electron chi connectivity index (χ4n) is 1.83. The molecular weight excluding hydrogens is 230 g/mol. The molecule has 0 heterocycles. The van der Waals surface area contributed by atoms with Crippen LogP contribution in [0.2, 0.25) is 0 Å². The number of fused-ring (bicyclic) bond motifs is 1. The van der Waals surface area contributed by atoms with Crippen LogP contribution in [-0.2, 0) is 0 Å². The largest absolute Gasteiger partial charge is 0.330 e. The molecule has 0 radical (unpaired) electrons. The Morgan fingerprint density at radius 1 is 1.54 bits per heavy atom. The van der Waals surface area contributed by atoms with Crippen molar-refractivity contribution in [3.05, 3.63) is 33.8 Å². The number of halogens is 1. The van der Waals surface area contributed by atoms with E-state index in [9.17, 15) is 4.79 Å². The number of nitrogens with two attached hydrogens (primary N) is 1. The summed E-state index contributed by atoms with van der Waals surface area (Å²) in [6.07, 6.45) is 0.564. The number of carbonyl (C=O) groups excluding carboxylic acids is 1. The van der Waals surface area contributed by atoms with Crippen LogP contribution in [0.1, 0.15) is 28.3 Å². The van der Waals surface area contributed by atoms with Gasteiger partial charge in [0, 0.05) is 22.4 Å². The van der Waals surface area contributed by atoms with E-state index in [4.69, 9.17) is 5.73 Å². The van der Waals surface area contributed by atoms with Crippen molar-refractivity contribution in [3.63, 3.8) is 0 Å². The van der Waals surface area contributed by atoms with E-state index in [-0.39, 0.29) is 11.7 Å². The van der Waals surface area contributed by atoms with E-state index in [0.717, 1.165) is 15.6 Å². The van der Waals surface area contributed by atoms with Crippen molar-refractivity contribution in [3.8, 4) is 0 Å². The molecule has 0 aromatic heterocycles. The van der Waals surface area contributed by atoms with Gasteiger partial charge in [-0.2, -0.15) is 0 Å². The number of carbonyl (C=O) groups is 1. The summed E-state index contributed by atoms with van der Waals surface area (Å²) in [5.74, 6) is 0.421. The maximum atomic E-state index is 11.5. The molecule has 0 spiro atoms. The first-order valence-electron chi connectivity index (χ1n) is 4.25. The summed E-state index contributed by atoms with van der Waals surface area (Å²) in [4.78, 5) is 11.5. The van der Waals surface area contributed by atoms with Gasteiger partial charge in [-0.3, -0.25) is 4.79 Å². The third kappa shape index (κ3) is 1.32. The third-order valence-electron chi connectivity index (χ3n) is 2.48. The molecule has 13 heavy (non-hydrogen) atoms. The summed E-state index contributed by atoms with van der Waals surface area (Å²) >= 11 is 3.45. The van der Waals surface area contributed by atoms with Gasteiger partial charge in [-0.05, 0) is 18.2 Å². The number of hydrogen-bond donors (Lipinski definition) is 1. The summed E-state index contributed by atoms with van der Waals surface area (Å²) in [7, 11) is 0. The first kappa shape index (κ1) is 8.91. The zero-order valence-corrected chi connectivity index (χ0v) is 8.67. The Labute approximate surface area is 85.3 Å². The Morgan fingerprint density at radius 2 is 2.31 bits per heavy atom. The van der Waals surface area contributed by atoms with Gasteiger partial charge in [0.1, 0.15) is 0 Å². The van der Waals surface area contributed by atoms with E-state index in [2.05, 4.69) is 15.9 Å². The van der Waals surface area contributed by atoms with Gasteiger partial charge >= 0.3 is 0 Å². The lowest BCUT2D eigenvalue weighted by molar-refractivity contribution is 0.0989. The SMILES string of the molecule is NCC1CC(=O)c2cccc(Br)c21. The Balaban J connectivity index is 2.58. The Morgan fingerprint density at radius 3 is 3.00 bits per heavy atom. The van der Waals surface area contributed by atoms with Crippen LogP contribution in [-0.4, -0.2) is 12.3 Å². The zero-order chi connectivity index (χ0) is 9.42. The van der Waals surface area contributed by atoms with Crippen LogP contribution in [0.25, 0.3) is 0 Å². The van der Waals surface area contributed by atoms with Crippen LogP contribution in [0.3, 0.4) is 0 Å². The second kappa shape index (κ2) is 3.24. The number of rotatable bonds is 1. The Bertz CT molecular complexity index is 362. The molecule has 1 atom stereocenters. The predicted octanol–water partition coefficient (Wildman–Crippen LogP) is 2.08. The van der Waals surface area contributed by atoms with Gasteiger partial charge in [-0.25, -0.2) is 0 Å². The lowest BCUT2D eigenvalue weighted by atomic mass is 10.0. The summed E-state index contributed by atoms with van der Waals surface area (Å²) in [6.45, 7) is 0.543. The number of ketones is 1. The number of Topliss-reactive ketones (excluding diaryl/α,β-unsaturated/α-hetero) is 1. The molecule has 1 aliphatic carbocycles. The minimum absolute atomic E-state index is 0.207. The molecule has 2 rings (SSSR count). The van der Waals surface area contributed by atoms with Gasteiger partial charge in [0.15, 0.2) is 5.78 Å². The molecule has 0 saturated carbocycles. The van der Waals surface area contributed by atoms with Crippen LogP contribution in [0.5, 0.6) is 0 Å². The van der Waals surface area contributed by atoms with Crippen LogP contribution in [0.15, 0.2) is 22.7 Å². The minimum Gasteiger partial charge on any atom is -0.330 e. The normalized spacial score (nSPS) is 20.5. The summed E-state index contributed by atoms with van der Waals surface area (Å²) < 4.78 is 1.01. The minimum atomic E-state index is 0.207. The monoisotopic (exact) mass is 239 g/mol. The van der Waals surface area contributed by atoms with Crippen molar-refractivity contribution >= 4 is 21.7 Å². The van der Waals surface area contributed by atoms with Gasteiger partial charge in [0.2, 0.25) is 0 Å². The molecule has 1 aromatic carbocycles. The molecule has 0 amide bonds. The smallest absolute Gasteiger partial charge is 0.163 e. The zero-order valence-electron chi connectivity index (χ0n) is 7.09. The summed E-state index contributed by atoms with van der Waals surface area (Å²) in [6, 6.07) is 5.72. The van der Waals surface area contributed by atoms with Crippen molar-refractivity contribution in [2.45, 2.75) is 12.3 Å². The molecule has 1 aromatic rings. The lowest BCUT2D eigenvalue weighted by Gasteiger charge is -2.08. The summed E-state index contributed by atoms with van der Waals surface area (Å²) in [5.41, 5.74) is 7.54. The highest BCUT2D eigenvalue weighted by Gasteiger charge is 2.29. The van der Waals surface area contributed by atoms with Crippen molar-refractivity contribution in [2.24, 2.45) is 5.73 Å². The maximum absolute atomic E-state index is 11.5. The van der Waals surface area contributed by atoms with Crippen LogP contribution < -0.4 is 5.73 Å². The molecule has 1 aliphatic rings. The fourth-order valence-corrected chi connectivity index (χ4v) is 2.52. The molecule has 2 N–H and O–H groups in total. The van der Waals surface area contributed by atoms with Gasteiger partial charge < -0.3 is 5.73 Å². The van der Waals surface area contributed by atoms with Gasteiger partial charge in [-0.1, -0.05) is 28.1 Å². The molecule has 3 heteroatoms. The van der Waals surface area contributed by atoms with E-state index in [1.165, 1.54) is 0 Å². The van der Waals surface area contributed by atoms with Gasteiger partial charge in [0.25, 0.3) is 0 Å². The highest BCUT2D eigenvalue weighted by molar-refractivity contribution is 9.10. The van der Waals surface area contributed by atoms with Crippen molar-refractivity contribution < 1.29 is 4.79 Å². The van der Waals surface area contributed by atoms with Crippen LogP contribution in [0, 0.1) is 0 Å². The molecule has 2 nitrogen and oxygen atoms in total. The van der Waals surface area contributed by atoms with E-state index in [1.807, 2.05) is 18.2 Å². The lowest BCUT2D eigenvalue weighted by Crippen LogP contribution is -2.10. The highest BCUT2D eigenvalue weighted by atomic mass is 79.9. The molecule has 1 unspecified atom stereocenters. The van der Waals surface area contributed by atoms with E-state index in [1.54, 1.807) is 0 Å². The van der Waals surface area contributed by atoms with Crippen LogP contribution >= 0.6 is 15.9 Å². The Hall–Kier alpha value is -0.670. The fraction of sp³-hybridized carbons (Fsp3) is 0.300. The number of benzene rings is 1. The quantitative estimate of drug-likeness (QED) is 0.816. The highest BCUT2D eigenvalue weighted by Crippen LogP contribution is 2.37. The molecule has 0 aliphatic heterocycles. The second-order valence-corrected chi connectivity index (χ2v) is 4.12. The molecule has 68 valence electrons. The summed E-state index contributed by atoms with van der Waals surface area (Å²) in [5, 5.41) is 0.